The van der Waals surface area contributed by atoms with Crippen molar-refractivity contribution in [3.63, 3.8) is 0 Å². The van der Waals surface area contributed by atoms with Crippen LogP contribution in [0.4, 0.5) is 5.82 Å². The highest BCUT2D eigenvalue weighted by Gasteiger charge is 2.41. The van der Waals surface area contributed by atoms with E-state index < -0.39 is 0 Å². The predicted molar refractivity (Wildman–Crippen MR) is 105 cm³/mol. The van der Waals surface area contributed by atoms with Crippen LogP contribution in [0.25, 0.3) is 0 Å². The largest absolute Gasteiger partial charge is 0.491 e. The Hall–Kier alpha value is -2.38. The minimum atomic E-state index is -0.232. The zero-order valence-electron chi connectivity index (χ0n) is 16.5. The summed E-state index contributed by atoms with van der Waals surface area (Å²) in [7, 11) is 3.31. The summed E-state index contributed by atoms with van der Waals surface area (Å²) < 4.78 is 22.6. The molecule has 0 radical (unpaired) electrons. The van der Waals surface area contributed by atoms with Gasteiger partial charge in [-0.2, -0.15) is 0 Å². The fraction of sp³-hybridized carbons (Fsp3) is 0.524. The minimum Gasteiger partial charge on any atom is -0.491 e. The fourth-order valence-corrected chi connectivity index (χ4v) is 4.16. The quantitative estimate of drug-likeness (QED) is 0.708. The van der Waals surface area contributed by atoms with Crippen molar-refractivity contribution in [2.24, 2.45) is 0 Å². The average molecular weight is 385 g/mol. The molecular weight excluding hydrogens is 358 g/mol. The standard InChI is InChI=1S/C21H27N3O4/c1-25-13-14-27-17-3-4-18-16(15-17)5-12-28-21(18)6-10-24(11-7-21)19-20(26-2)23-9-8-22-19/h3-4,8-9,15H,5-7,10-14H2,1-2H3. The van der Waals surface area contributed by atoms with Gasteiger partial charge in [0, 0.05) is 32.6 Å². The molecule has 7 nitrogen and oxygen atoms in total. The molecule has 1 saturated heterocycles. The molecule has 0 bridgehead atoms. The topological polar surface area (TPSA) is 65.9 Å². The number of fused-ring (bicyclic) bond motifs is 2. The maximum absolute atomic E-state index is 6.36. The van der Waals surface area contributed by atoms with Gasteiger partial charge >= 0.3 is 0 Å². The first kappa shape index (κ1) is 19.0. The normalized spacial score (nSPS) is 18.0. The summed E-state index contributed by atoms with van der Waals surface area (Å²) in [5.41, 5.74) is 2.39. The van der Waals surface area contributed by atoms with E-state index in [-0.39, 0.29) is 5.60 Å². The van der Waals surface area contributed by atoms with Gasteiger partial charge in [-0.15, -0.1) is 0 Å². The van der Waals surface area contributed by atoms with E-state index in [2.05, 4.69) is 27.0 Å². The molecule has 1 aromatic carbocycles. The van der Waals surface area contributed by atoms with Crippen LogP contribution >= 0.6 is 0 Å². The third-order valence-corrected chi connectivity index (χ3v) is 5.58. The summed E-state index contributed by atoms with van der Waals surface area (Å²) in [5, 5.41) is 0. The molecule has 7 heteroatoms. The molecule has 0 N–H and O–H groups in total. The predicted octanol–water partition coefficient (Wildman–Crippen LogP) is 2.58. The van der Waals surface area contributed by atoms with E-state index in [0.717, 1.165) is 50.5 Å². The number of piperidine rings is 1. The second-order valence-corrected chi connectivity index (χ2v) is 7.13. The maximum atomic E-state index is 6.36. The second-order valence-electron chi connectivity index (χ2n) is 7.13. The molecule has 28 heavy (non-hydrogen) atoms. The minimum absolute atomic E-state index is 0.232. The van der Waals surface area contributed by atoms with Crippen LogP contribution < -0.4 is 14.4 Å². The molecule has 4 rings (SSSR count). The van der Waals surface area contributed by atoms with Crippen molar-refractivity contribution in [2.45, 2.75) is 24.9 Å². The van der Waals surface area contributed by atoms with Gasteiger partial charge in [-0.1, -0.05) is 6.07 Å². The van der Waals surface area contributed by atoms with Gasteiger partial charge in [-0.25, -0.2) is 9.97 Å². The van der Waals surface area contributed by atoms with E-state index in [9.17, 15) is 0 Å². The number of ether oxygens (including phenoxy) is 4. The number of anilines is 1. The van der Waals surface area contributed by atoms with Crippen LogP contribution in [0.5, 0.6) is 11.6 Å². The molecule has 1 fully saturated rings. The summed E-state index contributed by atoms with van der Waals surface area (Å²) >= 11 is 0. The molecule has 1 spiro atoms. The molecule has 0 saturated carbocycles. The number of benzene rings is 1. The van der Waals surface area contributed by atoms with Crippen LogP contribution in [0, 0.1) is 0 Å². The molecule has 0 unspecified atom stereocenters. The summed E-state index contributed by atoms with van der Waals surface area (Å²) in [5.74, 6) is 2.27. The van der Waals surface area contributed by atoms with Crippen LogP contribution in [-0.2, 0) is 21.5 Å². The zero-order valence-corrected chi connectivity index (χ0v) is 16.5. The summed E-state index contributed by atoms with van der Waals surface area (Å²) in [6.07, 6.45) is 6.09. The Kier molecular flexibility index (Phi) is 5.64. The molecule has 0 aliphatic carbocycles. The molecule has 150 valence electrons. The average Bonchev–Trinajstić information content (AvgIpc) is 2.75. The van der Waals surface area contributed by atoms with Crippen LogP contribution in [0.1, 0.15) is 24.0 Å². The number of rotatable bonds is 6. The molecule has 1 aromatic heterocycles. The van der Waals surface area contributed by atoms with Gasteiger partial charge in [0.25, 0.3) is 5.88 Å². The van der Waals surface area contributed by atoms with Gasteiger partial charge in [-0.05, 0) is 42.5 Å². The van der Waals surface area contributed by atoms with Crippen molar-refractivity contribution in [3.05, 3.63) is 41.7 Å². The Morgan fingerprint density at radius 2 is 1.93 bits per heavy atom. The first-order valence-electron chi connectivity index (χ1n) is 9.75. The number of methoxy groups -OCH3 is 2. The summed E-state index contributed by atoms with van der Waals surface area (Å²) in [6.45, 7) is 3.59. The molecule has 2 aliphatic heterocycles. The SMILES string of the molecule is COCCOc1ccc2c(c1)CCOC21CCN(c2nccnc2OC)CC1. The third-order valence-electron chi connectivity index (χ3n) is 5.58. The summed E-state index contributed by atoms with van der Waals surface area (Å²) in [6, 6.07) is 6.38. The third kappa shape index (κ3) is 3.64. The zero-order chi connectivity index (χ0) is 19.4. The van der Waals surface area contributed by atoms with Crippen LogP contribution in [0.3, 0.4) is 0 Å². The van der Waals surface area contributed by atoms with Gasteiger partial charge in [0.15, 0.2) is 5.82 Å². The van der Waals surface area contributed by atoms with E-state index in [4.69, 9.17) is 18.9 Å². The molecule has 0 amide bonds. The van der Waals surface area contributed by atoms with Gasteiger partial charge in [0.1, 0.15) is 12.4 Å². The Labute approximate surface area is 165 Å². The maximum Gasteiger partial charge on any atom is 0.257 e. The van der Waals surface area contributed by atoms with Crippen molar-refractivity contribution in [1.29, 1.82) is 0 Å². The highest BCUT2D eigenvalue weighted by Crippen LogP contribution is 2.43. The highest BCUT2D eigenvalue weighted by molar-refractivity contribution is 5.49. The van der Waals surface area contributed by atoms with E-state index >= 15 is 0 Å². The monoisotopic (exact) mass is 385 g/mol. The lowest BCUT2D eigenvalue weighted by Crippen LogP contribution is -2.47. The lowest BCUT2D eigenvalue weighted by molar-refractivity contribution is -0.0767. The molecule has 2 aliphatic rings. The van der Waals surface area contributed by atoms with E-state index in [1.165, 1.54) is 11.1 Å². The number of nitrogens with zero attached hydrogens (tertiary/aromatic N) is 3. The van der Waals surface area contributed by atoms with Crippen molar-refractivity contribution in [2.75, 3.05) is 52.0 Å². The Morgan fingerprint density at radius 1 is 1.11 bits per heavy atom. The first-order valence-corrected chi connectivity index (χ1v) is 9.75. The van der Waals surface area contributed by atoms with Gasteiger partial charge in [0.05, 0.1) is 25.9 Å². The number of hydrogen-bond donors (Lipinski definition) is 0. The van der Waals surface area contributed by atoms with E-state index in [1.807, 2.05) is 6.07 Å². The van der Waals surface area contributed by atoms with Crippen LogP contribution in [-0.4, -0.2) is 57.1 Å². The van der Waals surface area contributed by atoms with Gasteiger partial charge < -0.3 is 23.8 Å². The van der Waals surface area contributed by atoms with Gasteiger partial charge in [-0.3, -0.25) is 0 Å². The van der Waals surface area contributed by atoms with Crippen molar-refractivity contribution < 1.29 is 18.9 Å². The van der Waals surface area contributed by atoms with Crippen LogP contribution in [0.2, 0.25) is 0 Å². The first-order chi connectivity index (χ1) is 13.8. The fourth-order valence-electron chi connectivity index (χ4n) is 4.16. The van der Waals surface area contributed by atoms with E-state index in [1.54, 1.807) is 26.6 Å². The van der Waals surface area contributed by atoms with Crippen molar-refractivity contribution >= 4 is 5.82 Å². The second kappa shape index (κ2) is 8.32. The molecule has 3 heterocycles. The van der Waals surface area contributed by atoms with E-state index in [0.29, 0.717) is 19.1 Å². The van der Waals surface area contributed by atoms with Gasteiger partial charge in [0.2, 0.25) is 0 Å². The van der Waals surface area contributed by atoms with Crippen molar-refractivity contribution in [3.8, 4) is 11.6 Å². The summed E-state index contributed by atoms with van der Waals surface area (Å²) in [4.78, 5) is 11.0. The van der Waals surface area contributed by atoms with Crippen molar-refractivity contribution in [1.82, 2.24) is 9.97 Å². The highest BCUT2D eigenvalue weighted by atomic mass is 16.5. The smallest absolute Gasteiger partial charge is 0.257 e. The Balaban J connectivity index is 1.50. The Morgan fingerprint density at radius 3 is 2.71 bits per heavy atom. The molecule has 0 atom stereocenters. The van der Waals surface area contributed by atoms with Crippen LogP contribution in [0.15, 0.2) is 30.6 Å². The number of aromatic nitrogens is 2. The lowest BCUT2D eigenvalue weighted by atomic mass is 9.79. The lowest BCUT2D eigenvalue weighted by Gasteiger charge is -2.45. The molecular formula is C21H27N3O4. The Bertz CT molecular complexity index is 806. The molecule has 2 aromatic rings. The number of hydrogen-bond acceptors (Lipinski definition) is 7.